The first-order valence-electron chi connectivity index (χ1n) is 13.4. The van der Waals surface area contributed by atoms with Crippen molar-refractivity contribution in [3.8, 4) is 5.75 Å². The lowest BCUT2D eigenvalue weighted by Gasteiger charge is -2.33. The van der Waals surface area contributed by atoms with Gasteiger partial charge in [0.1, 0.15) is 41.3 Å². The Morgan fingerprint density at radius 1 is 0.974 bits per heavy atom. The number of carbonyl (C=O) groups excluding carboxylic acids is 3. The molecular formula is C29H45NO8. The molecule has 1 aliphatic rings. The van der Waals surface area contributed by atoms with Crippen molar-refractivity contribution in [2.75, 3.05) is 6.61 Å². The van der Waals surface area contributed by atoms with Crippen LogP contribution in [0.4, 0.5) is 9.59 Å². The summed E-state index contributed by atoms with van der Waals surface area (Å²) in [4.78, 5) is 40.6. The molecule has 1 aliphatic heterocycles. The van der Waals surface area contributed by atoms with E-state index in [9.17, 15) is 14.4 Å². The Kier molecular flexibility index (Phi) is 11.0. The van der Waals surface area contributed by atoms with Gasteiger partial charge in [0.2, 0.25) is 0 Å². The monoisotopic (exact) mass is 535 g/mol. The van der Waals surface area contributed by atoms with Crippen LogP contribution >= 0.6 is 0 Å². The van der Waals surface area contributed by atoms with Gasteiger partial charge in [0.05, 0.1) is 0 Å². The summed E-state index contributed by atoms with van der Waals surface area (Å²) in [6.07, 6.45) is -2.52. The number of hydrogen-bond acceptors (Lipinski definition) is 8. The molecule has 9 nitrogen and oxygen atoms in total. The Morgan fingerprint density at radius 3 is 2.03 bits per heavy atom. The number of carbonyl (C=O) groups is 3. The fraction of sp³-hybridized carbons (Fsp3) is 0.690. The van der Waals surface area contributed by atoms with Crippen LogP contribution < -0.4 is 4.74 Å². The average molecular weight is 536 g/mol. The van der Waals surface area contributed by atoms with E-state index in [0.717, 1.165) is 4.90 Å². The maximum absolute atomic E-state index is 13.5. The van der Waals surface area contributed by atoms with E-state index in [-0.39, 0.29) is 12.3 Å². The number of nitrogens with zero attached hydrogens (tertiary/aromatic N) is 1. The number of ether oxygens (including phenoxy) is 5. The number of amides is 2. The molecule has 0 radical (unpaired) electrons. The normalized spacial score (nSPS) is 22.9. The quantitative estimate of drug-likeness (QED) is 0.317. The molecule has 1 saturated heterocycles. The molecule has 0 saturated carbocycles. The number of cyclic esters (lactones) is 1. The van der Waals surface area contributed by atoms with Crippen molar-refractivity contribution < 1.29 is 38.1 Å². The van der Waals surface area contributed by atoms with Gasteiger partial charge in [-0.1, -0.05) is 32.0 Å². The highest BCUT2D eigenvalue weighted by molar-refractivity contribution is 5.94. The lowest BCUT2D eigenvalue weighted by molar-refractivity contribution is -0.166. The predicted molar refractivity (Wildman–Crippen MR) is 143 cm³/mol. The van der Waals surface area contributed by atoms with E-state index >= 15 is 0 Å². The molecule has 0 spiro atoms. The van der Waals surface area contributed by atoms with Crippen LogP contribution in [0.3, 0.4) is 0 Å². The summed E-state index contributed by atoms with van der Waals surface area (Å²) in [6.45, 7) is 16.4. The molecule has 1 aromatic carbocycles. The molecule has 2 amide bonds. The molecule has 2 rings (SSSR count). The zero-order chi connectivity index (χ0) is 28.7. The number of benzene rings is 1. The molecule has 38 heavy (non-hydrogen) atoms. The molecule has 0 aliphatic carbocycles. The lowest BCUT2D eigenvalue weighted by atomic mass is 10.0. The Balaban J connectivity index is 2.39. The van der Waals surface area contributed by atoms with Gasteiger partial charge in [-0.2, -0.15) is 4.90 Å². The van der Waals surface area contributed by atoms with Gasteiger partial charge in [-0.15, -0.1) is 0 Å². The number of esters is 1. The minimum Gasteiger partial charge on any atom is -0.488 e. The summed E-state index contributed by atoms with van der Waals surface area (Å²) in [5.74, 6) is 0.201. The molecule has 4 atom stereocenters. The van der Waals surface area contributed by atoms with E-state index < -0.39 is 53.7 Å². The van der Waals surface area contributed by atoms with E-state index in [2.05, 4.69) is 0 Å². The number of rotatable bonds is 6. The minimum absolute atomic E-state index is 0.148. The Hall–Kier alpha value is -2.81. The predicted octanol–water partition coefficient (Wildman–Crippen LogP) is 6.13. The van der Waals surface area contributed by atoms with Crippen LogP contribution in [0.1, 0.15) is 81.6 Å². The highest BCUT2D eigenvalue weighted by Gasteiger charge is 2.44. The molecule has 9 heteroatoms. The zero-order valence-electron chi connectivity index (χ0n) is 24.3. The second-order valence-corrected chi connectivity index (χ2v) is 12.1. The molecular weight excluding hydrogens is 490 g/mol. The second kappa shape index (κ2) is 13.3. The first-order valence-corrected chi connectivity index (χ1v) is 13.4. The van der Waals surface area contributed by atoms with Crippen LogP contribution in [-0.2, 0) is 23.7 Å². The highest BCUT2D eigenvalue weighted by Crippen LogP contribution is 2.27. The molecule has 1 heterocycles. The van der Waals surface area contributed by atoms with Crippen molar-refractivity contribution in [1.82, 2.24) is 4.90 Å². The van der Waals surface area contributed by atoms with E-state index in [1.165, 1.54) is 0 Å². The van der Waals surface area contributed by atoms with Crippen molar-refractivity contribution in [3.05, 3.63) is 30.3 Å². The van der Waals surface area contributed by atoms with Crippen LogP contribution in [0.25, 0.3) is 0 Å². The van der Waals surface area contributed by atoms with E-state index in [4.69, 9.17) is 23.7 Å². The summed E-state index contributed by atoms with van der Waals surface area (Å²) >= 11 is 0. The van der Waals surface area contributed by atoms with E-state index in [1.807, 2.05) is 44.2 Å². The Labute approximate surface area is 227 Å². The standard InChI is InChI=1S/C29H45NO8/c1-19(2)18-34-24-20(3)35-25(31)22(16-13-17-23(24)36-21-14-11-10-12-15-21)30(26(32)37-28(4,5)6)27(33)38-29(7,8)9/h10-12,14-15,19-20,22-24H,13,16-18H2,1-9H3/t20-,22-,23-,24-/m0/s1. The number of imide groups is 1. The van der Waals surface area contributed by atoms with Gasteiger partial charge in [0, 0.05) is 6.61 Å². The largest absolute Gasteiger partial charge is 0.488 e. The van der Waals surface area contributed by atoms with Crippen LogP contribution in [-0.4, -0.2) is 65.2 Å². The fourth-order valence-electron chi connectivity index (χ4n) is 3.96. The Morgan fingerprint density at radius 2 is 1.53 bits per heavy atom. The summed E-state index contributed by atoms with van der Waals surface area (Å²) in [5, 5.41) is 0. The van der Waals surface area contributed by atoms with Crippen LogP contribution in [0.15, 0.2) is 30.3 Å². The zero-order valence-corrected chi connectivity index (χ0v) is 24.3. The summed E-state index contributed by atoms with van der Waals surface area (Å²) < 4.78 is 29.3. The van der Waals surface area contributed by atoms with Gasteiger partial charge in [0.25, 0.3) is 0 Å². The third-order valence-electron chi connectivity index (χ3n) is 5.51. The topological polar surface area (TPSA) is 101 Å². The van der Waals surface area contributed by atoms with E-state index in [0.29, 0.717) is 25.2 Å². The van der Waals surface area contributed by atoms with Crippen molar-refractivity contribution in [3.63, 3.8) is 0 Å². The first kappa shape index (κ1) is 31.4. The van der Waals surface area contributed by atoms with Gasteiger partial charge < -0.3 is 23.7 Å². The van der Waals surface area contributed by atoms with Gasteiger partial charge in [0.15, 0.2) is 0 Å². The second-order valence-electron chi connectivity index (χ2n) is 12.1. The fourth-order valence-corrected chi connectivity index (χ4v) is 3.96. The van der Waals surface area contributed by atoms with E-state index in [1.54, 1.807) is 48.5 Å². The third-order valence-corrected chi connectivity index (χ3v) is 5.51. The van der Waals surface area contributed by atoms with Gasteiger partial charge in [-0.25, -0.2) is 14.4 Å². The SMILES string of the molecule is CC(C)CO[C@H]1[C@H](C)OC(=O)[C@@H](N(C(=O)OC(C)(C)C)C(=O)OC(C)(C)C)CCC[C@@H]1Oc1ccccc1. The van der Waals surface area contributed by atoms with Crippen LogP contribution in [0.5, 0.6) is 5.75 Å². The molecule has 0 N–H and O–H groups in total. The van der Waals surface area contributed by atoms with Crippen LogP contribution in [0, 0.1) is 5.92 Å². The van der Waals surface area contributed by atoms with Crippen molar-refractivity contribution in [2.24, 2.45) is 5.92 Å². The Bertz CT molecular complexity index is 891. The average Bonchev–Trinajstić information content (AvgIpc) is 2.80. The molecule has 0 bridgehead atoms. The molecule has 1 aromatic rings. The number of hydrogen-bond donors (Lipinski definition) is 0. The molecule has 0 aromatic heterocycles. The maximum Gasteiger partial charge on any atom is 0.420 e. The summed E-state index contributed by atoms with van der Waals surface area (Å²) in [5.41, 5.74) is -1.78. The van der Waals surface area contributed by atoms with Crippen LogP contribution in [0.2, 0.25) is 0 Å². The van der Waals surface area contributed by atoms with Gasteiger partial charge in [-0.3, -0.25) is 0 Å². The van der Waals surface area contributed by atoms with Crippen molar-refractivity contribution in [1.29, 1.82) is 0 Å². The van der Waals surface area contributed by atoms with Crippen molar-refractivity contribution in [2.45, 2.75) is 117 Å². The smallest absolute Gasteiger partial charge is 0.420 e. The minimum atomic E-state index is -1.23. The lowest BCUT2D eigenvalue weighted by Crippen LogP contribution is -2.53. The first-order chi connectivity index (χ1) is 17.6. The molecule has 0 unspecified atom stereocenters. The molecule has 214 valence electrons. The number of para-hydroxylation sites is 1. The van der Waals surface area contributed by atoms with Gasteiger partial charge >= 0.3 is 18.2 Å². The summed E-state index contributed by atoms with van der Waals surface area (Å²) in [6, 6.07) is 8.15. The van der Waals surface area contributed by atoms with Gasteiger partial charge in [-0.05, 0) is 85.8 Å². The third kappa shape index (κ3) is 10.2. The van der Waals surface area contributed by atoms with Crippen molar-refractivity contribution >= 4 is 18.2 Å². The molecule has 1 fully saturated rings. The maximum atomic E-state index is 13.5. The highest BCUT2D eigenvalue weighted by atomic mass is 16.6. The summed E-state index contributed by atoms with van der Waals surface area (Å²) in [7, 11) is 0.